The van der Waals surface area contributed by atoms with Crippen molar-refractivity contribution in [1.29, 1.82) is 0 Å². The Labute approximate surface area is 151 Å². The van der Waals surface area contributed by atoms with Gasteiger partial charge in [-0.05, 0) is 62.4 Å². The number of carbonyl (C=O) groups excluding carboxylic acids is 2. The van der Waals surface area contributed by atoms with E-state index >= 15 is 0 Å². The van der Waals surface area contributed by atoms with Crippen LogP contribution in [0.1, 0.15) is 34.6 Å². The smallest absolute Gasteiger partial charge is 0.339 e. The van der Waals surface area contributed by atoms with Crippen LogP contribution in [-0.4, -0.2) is 33.6 Å². The first-order valence-electron chi connectivity index (χ1n) is 7.86. The molecule has 0 spiro atoms. The predicted octanol–water partition coefficient (Wildman–Crippen LogP) is 2.81. The zero-order valence-electron chi connectivity index (χ0n) is 14.3. The van der Waals surface area contributed by atoms with Crippen LogP contribution in [0, 0.1) is 0 Å². The van der Waals surface area contributed by atoms with Crippen LogP contribution in [0.4, 0.5) is 0 Å². The van der Waals surface area contributed by atoms with Gasteiger partial charge >= 0.3 is 22.1 Å². The summed E-state index contributed by atoms with van der Waals surface area (Å²) in [4.78, 5) is 23.1. The molecule has 26 heavy (non-hydrogen) atoms. The summed E-state index contributed by atoms with van der Waals surface area (Å²) in [7, 11) is -4.08. The van der Waals surface area contributed by atoms with Gasteiger partial charge in [-0.25, -0.2) is 9.59 Å². The van der Waals surface area contributed by atoms with Gasteiger partial charge in [0.2, 0.25) is 0 Å². The molecule has 2 rings (SSSR count). The molecule has 2 aromatic rings. The van der Waals surface area contributed by atoms with Crippen LogP contribution < -0.4 is 4.18 Å². The predicted molar refractivity (Wildman–Crippen MR) is 92.6 cm³/mol. The van der Waals surface area contributed by atoms with E-state index in [2.05, 4.69) is 0 Å². The summed E-state index contributed by atoms with van der Waals surface area (Å²) in [6.07, 6.45) is 0. The van der Waals surface area contributed by atoms with Gasteiger partial charge in [0, 0.05) is 0 Å². The van der Waals surface area contributed by atoms with Crippen LogP contribution in [0.2, 0.25) is 0 Å². The van der Waals surface area contributed by atoms with E-state index in [0.717, 1.165) is 0 Å². The minimum atomic E-state index is -4.08. The third-order valence-electron chi connectivity index (χ3n) is 3.23. The molecule has 0 aliphatic heterocycles. The Hall–Kier alpha value is -2.87. The van der Waals surface area contributed by atoms with Gasteiger partial charge < -0.3 is 13.7 Å². The van der Waals surface area contributed by atoms with Crippen LogP contribution in [0.15, 0.2) is 53.4 Å². The van der Waals surface area contributed by atoms with Gasteiger partial charge in [0.15, 0.2) is 0 Å². The number of ether oxygens (including phenoxy) is 2. The van der Waals surface area contributed by atoms with E-state index in [-0.39, 0.29) is 35.0 Å². The van der Waals surface area contributed by atoms with E-state index in [0.29, 0.717) is 0 Å². The number of hydrogen-bond acceptors (Lipinski definition) is 7. The Morgan fingerprint density at radius 1 is 0.769 bits per heavy atom. The fraction of sp³-hybridized carbons (Fsp3) is 0.222. The van der Waals surface area contributed by atoms with E-state index in [1.807, 2.05) is 0 Å². The third kappa shape index (κ3) is 4.82. The summed E-state index contributed by atoms with van der Waals surface area (Å²) in [5.74, 6) is -0.990. The lowest BCUT2D eigenvalue weighted by molar-refractivity contribution is 0.0516. The van der Waals surface area contributed by atoms with Gasteiger partial charge in [-0.15, -0.1) is 0 Å². The first kappa shape index (κ1) is 19.5. The second-order valence-corrected chi connectivity index (χ2v) is 6.57. The second-order valence-electron chi connectivity index (χ2n) is 5.03. The summed E-state index contributed by atoms with van der Waals surface area (Å²) in [5.41, 5.74) is 0.528. The summed E-state index contributed by atoms with van der Waals surface area (Å²) >= 11 is 0. The van der Waals surface area contributed by atoms with Crippen molar-refractivity contribution < 1.29 is 31.7 Å². The molecule has 0 saturated carbocycles. The molecule has 0 radical (unpaired) electrons. The molecule has 0 atom stereocenters. The van der Waals surface area contributed by atoms with Crippen LogP contribution in [0.3, 0.4) is 0 Å². The molecule has 0 fully saturated rings. The maximum atomic E-state index is 12.3. The molecule has 0 aliphatic carbocycles. The van der Waals surface area contributed by atoms with Crippen LogP contribution in [0.5, 0.6) is 5.75 Å². The molecule has 0 saturated heterocycles. The Balaban J connectivity index is 2.13. The van der Waals surface area contributed by atoms with Gasteiger partial charge in [-0.2, -0.15) is 8.42 Å². The molecular formula is C18H18O7S. The molecule has 0 unspecified atom stereocenters. The molecule has 7 nitrogen and oxygen atoms in total. The van der Waals surface area contributed by atoms with E-state index in [9.17, 15) is 18.0 Å². The lowest BCUT2D eigenvalue weighted by atomic mass is 10.2. The summed E-state index contributed by atoms with van der Waals surface area (Å²) < 4.78 is 39.3. The lowest BCUT2D eigenvalue weighted by Gasteiger charge is -2.08. The lowest BCUT2D eigenvalue weighted by Crippen LogP contribution is -2.11. The second kappa shape index (κ2) is 8.48. The standard InChI is InChI=1S/C18H18O7S/c1-3-23-17(19)13-5-9-15(10-6-13)25-26(21,22)16-11-7-14(8-12-16)18(20)24-4-2/h5-12H,3-4H2,1-2H3. The van der Waals surface area contributed by atoms with Gasteiger partial charge in [-0.3, -0.25) is 0 Å². The van der Waals surface area contributed by atoms with E-state index in [1.54, 1.807) is 13.8 Å². The summed E-state index contributed by atoms with van der Waals surface area (Å²) in [6.45, 7) is 3.84. The number of esters is 2. The topological polar surface area (TPSA) is 96.0 Å². The largest absolute Gasteiger partial charge is 0.462 e. The van der Waals surface area contributed by atoms with Crippen molar-refractivity contribution >= 4 is 22.1 Å². The Morgan fingerprint density at radius 3 is 1.62 bits per heavy atom. The molecule has 0 aliphatic rings. The third-order valence-corrected chi connectivity index (χ3v) is 4.49. The van der Waals surface area contributed by atoms with Gasteiger partial charge in [-0.1, -0.05) is 0 Å². The van der Waals surface area contributed by atoms with Crippen molar-refractivity contribution in [3.05, 3.63) is 59.7 Å². The van der Waals surface area contributed by atoms with Gasteiger partial charge in [0.25, 0.3) is 0 Å². The average Bonchev–Trinajstić information content (AvgIpc) is 2.62. The highest BCUT2D eigenvalue weighted by Crippen LogP contribution is 2.20. The van der Waals surface area contributed by atoms with E-state index < -0.39 is 22.1 Å². The van der Waals surface area contributed by atoms with Crippen molar-refractivity contribution in [2.45, 2.75) is 18.7 Å². The van der Waals surface area contributed by atoms with Crippen molar-refractivity contribution in [1.82, 2.24) is 0 Å². The number of hydrogen-bond donors (Lipinski definition) is 0. The number of carbonyl (C=O) groups is 2. The highest BCUT2D eigenvalue weighted by molar-refractivity contribution is 7.87. The minimum absolute atomic E-state index is 0.0486. The molecule has 0 amide bonds. The van der Waals surface area contributed by atoms with E-state index in [4.69, 9.17) is 13.7 Å². The van der Waals surface area contributed by atoms with Crippen LogP contribution >= 0.6 is 0 Å². The van der Waals surface area contributed by atoms with Crippen LogP contribution in [-0.2, 0) is 19.6 Å². The first-order chi connectivity index (χ1) is 12.4. The summed E-state index contributed by atoms with van der Waals surface area (Å²) in [5, 5.41) is 0. The Kier molecular flexibility index (Phi) is 6.35. The van der Waals surface area contributed by atoms with Crippen molar-refractivity contribution in [3.63, 3.8) is 0 Å². The van der Waals surface area contributed by atoms with Crippen molar-refractivity contribution in [2.24, 2.45) is 0 Å². The average molecular weight is 378 g/mol. The highest BCUT2D eigenvalue weighted by atomic mass is 32.2. The maximum absolute atomic E-state index is 12.3. The molecule has 0 N–H and O–H groups in total. The Morgan fingerprint density at radius 2 is 1.19 bits per heavy atom. The zero-order valence-corrected chi connectivity index (χ0v) is 15.1. The molecule has 2 aromatic carbocycles. The van der Waals surface area contributed by atoms with Crippen molar-refractivity contribution in [2.75, 3.05) is 13.2 Å². The van der Waals surface area contributed by atoms with E-state index in [1.165, 1.54) is 48.5 Å². The molecular weight excluding hydrogens is 360 g/mol. The normalized spacial score (nSPS) is 10.8. The molecule has 0 heterocycles. The van der Waals surface area contributed by atoms with Crippen LogP contribution in [0.25, 0.3) is 0 Å². The SMILES string of the molecule is CCOC(=O)c1ccc(OS(=O)(=O)c2ccc(C(=O)OCC)cc2)cc1. The quantitative estimate of drug-likeness (QED) is 0.540. The van der Waals surface area contributed by atoms with Gasteiger partial charge in [0.05, 0.1) is 24.3 Å². The fourth-order valence-corrected chi connectivity index (χ4v) is 2.94. The first-order valence-corrected chi connectivity index (χ1v) is 9.27. The fourth-order valence-electron chi connectivity index (χ4n) is 2.01. The molecule has 0 bridgehead atoms. The maximum Gasteiger partial charge on any atom is 0.339 e. The molecule has 138 valence electrons. The van der Waals surface area contributed by atoms with Gasteiger partial charge in [0.1, 0.15) is 10.6 Å². The highest BCUT2D eigenvalue weighted by Gasteiger charge is 2.18. The molecule has 0 aromatic heterocycles. The summed E-state index contributed by atoms with van der Waals surface area (Å²) in [6, 6.07) is 10.7. The minimum Gasteiger partial charge on any atom is -0.462 e. The number of rotatable bonds is 7. The zero-order chi connectivity index (χ0) is 19.2. The molecule has 8 heteroatoms. The monoisotopic (exact) mass is 378 g/mol. The van der Waals surface area contributed by atoms with Crippen molar-refractivity contribution in [3.8, 4) is 5.75 Å². The number of benzene rings is 2. The Bertz CT molecular complexity index is 869.